The third-order valence-electron chi connectivity index (χ3n) is 2.86. The number of carboxylic acid groups (broad SMARTS) is 2. The number of likely N-dealkylation sites (tertiary alicyclic amines) is 1. The largest absolute Gasteiger partial charge is 0.476 e. The number of aromatic nitrogens is 1. The zero-order valence-electron chi connectivity index (χ0n) is 9.00. The van der Waals surface area contributed by atoms with E-state index in [0.29, 0.717) is 31.8 Å². The molecule has 0 saturated carbocycles. The highest BCUT2D eigenvalue weighted by Gasteiger charge is 2.27. The van der Waals surface area contributed by atoms with Gasteiger partial charge in [0.15, 0.2) is 11.6 Å². The molecule has 2 rings (SSSR count). The third-order valence-corrected chi connectivity index (χ3v) is 2.86. The fraction of sp³-hybridized carbons (Fsp3) is 0.500. The van der Waals surface area contributed by atoms with Crippen molar-refractivity contribution >= 4 is 12.1 Å². The Labute approximate surface area is 96.7 Å². The molecule has 0 bridgehead atoms. The Bertz CT molecular complexity index is 434. The first-order chi connectivity index (χ1) is 8.08. The van der Waals surface area contributed by atoms with Crippen LogP contribution < -0.4 is 0 Å². The highest BCUT2D eigenvalue weighted by Crippen LogP contribution is 2.27. The molecule has 1 aromatic heterocycles. The number of piperidine rings is 1. The van der Waals surface area contributed by atoms with Crippen molar-refractivity contribution in [2.45, 2.75) is 18.8 Å². The van der Waals surface area contributed by atoms with E-state index in [1.165, 1.54) is 4.90 Å². The van der Waals surface area contributed by atoms with E-state index in [2.05, 4.69) is 4.98 Å². The summed E-state index contributed by atoms with van der Waals surface area (Å²) in [7, 11) is 0. The van der Waals surface area contributed by atoms with E-state index < -0.39 is 12.1 Å². The van der Waals surface area contributed by atoms with Gasteiger partial charge in [0, 0.05) is 19.0 Å². The van der Waals surface area contributed by atoms with Gasteiger partial charge >= 0.3 is 12.1 Å². The van der Waals surface area contributed by atoms with Gasteiger partial charge in [0.2, 0.25) is 0 Å². The molecule has 1 aromatic rings. The average Bonchev–Trinajstić information content (AvgIpc) is 2.78. The zero-order valence-corrected chi connectivity index (χ0v) is 9.00. The number of carbonyl (C=O) groups is 2. The van der Waals surface area contributed by atoms with E-state index in [-0.39, 0.29) is 11.6 Å². The monoisotopic (exact) mass is 240 g/mol. The molecular weight excluding hydrogens is 228 g/mol. The maximum Gasteiger partial charge on any atom is 0.407 e. The fourth-order valence-corrected chi connectivity index (χ4v) is 1.89. The molecule has 1 saturated heterocycles. The molecule has 7 heteroatoms. The summed E-state index contributed by atoms with van der Waals surface area (Å²) in [5.74, 6) is -0.742. The Morgan fingerprint density at radius 2 is 2.00 bits per heavy atom. The molecule has 1 aliphatic rings. The van der Waals surface area contributed by atoms with Gasteiger partial charge in [0.25, 0.3) is 0 Å². The van der Waals surface area contributed by atoms with Crippen LogP contribution in [0.15, 0.2) is 10.7 Å². The van der Waals surface area contributed by atoms with Crippen LogP contribution in [0.4, 0.5) is 4.79 Å². The first kappa shape index (κ1) is 11.4. The van der Waals surface area contributed by atoms with E-state index in [1.54, 1.807) is 0 Å². The average molecular weight is 240 g/mol. The molecule has 0 unspecified atom stereocenters. The van der Waals surface area contributed by atoms with Crippen LogP contribution >= 0.6 is 0 Å². The molecular formula is C10H12N2O5. The summed E-state index contributed by atoms with van der Waals surface area (Å²) in [4.78, 5) is 26.5. The second-order valence-corrected chi connectivity index (χ2v) is 3.92. The van der Waals surface area contributed by atoms with Gasteiger partial charge in [-0.1, -0.05) is 0 Å². The Morgan fingerprint density at radius 3 is 2.47 bits per heavy atom. The minimum atomic E-state index is -1.12. The van der Waals surface area contributed by atoms with E-state index >= 15 is 0 Å². The summed E-state index contributed by atoms with van der Waals surface area (Å²) in [5, 5.41) is 17.5. The molecule has 1 amide bonds. The van der Waals surface area contributed by atoms with E-state index in [1.807, 2.05) is 0 Å². The maximum atomic E-state index is 10.7. The number of rotatable bonds is 2. The van der Waals surface area contributed by atoms with Crippen LogP contribution in [-0.2, 0) is 0 Å². The number of carboxylic acids is 1. The van der Waals surface area contributed by atoms with E-state index in [0.717, 1.165) is 6.26 Å². The fourth-order valence-electron chi connectivity index (χ4n) is 1.89. The predicted octanol–water partition coefficient (Wildman–Crippen LogP) is 1.23. The summed E-state index contributed by atoms with van der Waals surface area (Å²) >= 11 is 0. The van der Waals surface area contributed by atoms with Crippen molar-refractivity contribution in [1.29, 1.82) is 0 Å². The summed E-state index contributed by atoms with van der Waals surface area (Å²) < 4.78 is 5.10. The Morgan fingerprint density at radius 1 is 1.35 bits per heavy atom. The second kappa shape index (κ2) is 4.44. The molecule has 0 radical (unpaired) electrons. The lowest BCUT2D eigenvalue weighted by Gasteiger charge is -2.28. The van der Waals surface area contributed by atoms with Crippen molar-refractivity contribution in [2.75, 3.05) is 13.1 Å². The summed E-state index contributed by atoms with van der Waals surface area (Å²) in [5.41, 5.74) is -0.110. The van der Waals surface area contributed by atoms with Crippen molar-refractivity contribution in [2.24, 2.45) is 0 Å². The Kier molecular flexibility index (Phi) is 2.99. The zero-order chi connectivity index (χ0) is 12.4. The van der Waals surface area contributed by atoms with Crippen LogP contribution in [0.3, 0.4) is 0 Å². The molecule has 2 heterocycles. The van der Waals surface area contributed by atoms with Crippen LogP contribution in [0.2, 0.25) is 0 Å². The normalized spacial score (nSPS) is 17.1. The van der Waals surface area contributed by atoms with Crippen LogP contribution in [0.25, 0.3) is 0 Å². The highest BCUT2D eigenvalue weighted by atomic mass is 16.4. The van der Waals surface area contributed by atoms with Gasteiger partial charge < -0.3 is 19.5 Å². The topological polar surface area (TPSA) is 104 Å². The number of oxazole rings is 1. The SMILES string of the molecule is O=C(O)c1coc(C2CCN(C(=O)O)CC2)n1. The molecule has 17 heavy (non-hydrogen) atoms. The lowest BCUT2D eigenvalue weighted by molar-refractivity contribution is 0.0690. The van der Waals surface area contributed by atoms with Crippen LogP contribution in [0.5, 0.6) is 0 Å². The van der Waals surface area contributed by atoms with Crippen molar-refractivity contribution in [3.63, 3.8) is 0 Å². The third kappa shape index (κ3) is 2.38. The smallest absolute Gasteiger partial charge is 0.407 e. The van der Waals surface area contributed by atoms with Crippen molar-refractivity contribution in [3.05, 3.63) is 17.8 Å². The Balaban J connectivity index is 2.00. The number of aromatic carboxylic acids is 1. The van der Waals surface area contributed by atoms with Gasteiger partial charge in [-0.05, 0) is 12.8 Å². The molecule has 1 fully saturated rings. The number of hydrogen-bond donors (Lipinski definition) is 2. The van der Waals surface area contributed by atoms with Crippen LogP contribution in [-0.4, -0.2) is 45.2 Å². The van der Waals surface area contributed by atoms with Gasteiger partial charge in [0.1, 0.15) is 6.26 Å². The molecule has 0 spiro atoms. The van der Waals surface area contributed by atoms with Gasteiger partial charge in [-0.15, -0.1) is 0 Å². The lowest BCUT2D eigenvalue weighted by atomic mass is 9.97. The minimum Gasteiger partial charge on any atom is -0.476 e. The highest BCUT2D eigenvalue weighted by molar-refractivity contribution is 5.84. The number of amides is 1. The predicted molar refractivity (Wildman–Crippen MR) is 55.0 cm³/mol. The molecule has 7 nitrogen and oxygen atoms in total. The first-order valence-electron chi connectivity index (χ1n) is 5.24. The summed E-state index contributed by atoms with van der Waals surface area (Å²) in [6.45, 7) is 0.843. The minimum absolute atomic E-state index is 0.00120. The van der Waals surface area contributed by atoms with Gasteiger partial charge in [0.05, 0.1) is 0 Å². The summed E-state index contributed by atoms with van der Waals surface area (Å²) in [6.07, 6.45) is 1.39. The summed E-state index contributed by atoms with van der Waals surface area (Å²) in [6, 6.07) is 0. The molecule has 1 aliphatic heterocycles. The standard InChI is InChI=1S/C10H12N2O5/c13-9(14)7-5-17-8(11-7)6-1-3-12(4-2-6)10(15)16/h5-6H,1-4H2,(H,13,14)(H,15,16). The van der Waals surface area contributed by atoms with E-state index in [9.17, 15) is 9.59 Å². The van der Waals surface area contributed by atoms with Gasteiger partial charge in [-0.3, -0.25) is 0 Å². The molecule has 0 aliphatic carbocycles. The number of nitrogens with zero attached hydrogens (tertiary/aromatic N) is 2. The Hall–Kier alpha value is -2.05. The second-order valence-electron chi connectivity index (χ2n) is 3.92. The van der Waals surface area contributed by atoms with Crippen molar-refractivity contribution in [1.82, 2.24) is 9.88 Å². The van der Waals surface area contributed by atoms with Gasteiger partial charge in [-0.25, -0.2) is 14.6 Å². The number of hydrogen-bond acceptors (Lipinski definition) is 4. The molecule has 2 N–H and O–H groups in total. The van der Waals surface area contributed by atoms with E-state index in [4.69, 9.17) is 14.6 Å². The lowest BCUT2D eigenvalue weighted by Crippen LogP contribution is -2.36. The maximum absolute atomic E-state index is 10.7. The molecule has 0 atom stereocenters. The van der Waals surface area contributed by atoms with Crippen LogP contribution in [0.1, 0.15) is 35.1 Å². The van der Waals surface area contributed by atoms with Crippen molar-refractivity contribution in [3.8, 4) is 0 Å². The molecule has 92 valence electrons. The van der Waals surface area contributed by atoms with Crippen molar-refractivity contribution < 1.29 is 24.2 Å². The van der Waals surface area contributed by atoms with Crippen LogP contribution in [0, 0.1) is 0 Å². The first-order valence-corrected chi connectivity index (χ1v) is 5.24. The quantitative estimate of drug-likeness (QED) is 0.805. The van der Waals surface area contributed by atoms with Gasteiger partial charge in [-0.2, -0.15) is 0 Å². The molecule has 0 aromatic carbocycles.